The van der Waals surface area contributed by atoms with Gasteiger partial charge in [0.2, 0.25) is 0 Å². The number of hydrogen-bond donors (Lipinski definition) is 0. The fraction of sp³-hybridized carbons (Fsp3) is 0.158. The second-order valence-corrected chi connectivity index (χ2v) is 12.1. The van der Waals surface area contributed by atoms with E-state index in [-0.39, 0.29) is 23.6 Å². The van der Waals surface area contributed by atoms with Gasteiger partial charge in [-0.15, -0.1) is 0 Å². The van der Waals surface area contributed by atoms with Crippen LogP contribution in [0.5, 0.6) is 0 Å². The Morgan fingerprint density at radius 2 is 0.688 bits per heavy atom. The number of nitrogens with zero attached hydrogens (tertiary/aromatic N) is 4. The molecule has 0 aliphatic carbocycles. The van der Waals surface area contributed by atoms with E-state index in [1.54, 1.807) is 33.8 Å². The number of amides is 4. The van der Waals surface area contributed by atoms with E-state index in [1.807, 2.05) is 97.1 Å². The molecule has 0 saturated carbocycles. The van der Waals surface area contributed by atoms with Crippen LogP contribution in [-0.4, -0.2) is 83.0 Å². The summed E-state index contributed by atoms with van der Waals surface area (Å²) in [6, 6.07) is 30.1. The van der Waals surface area contributed by atoms with E-state index < -0.39 is 12.5 Å². The lowest BCUT2D eigenvalue weighted by Crippen LogP contribution is -2.48. The Hall–Kier alpha value is -5.84. The molecule has 10 rings (SSSR count). The summed E-state index contributed by atoms with van der Waals surface area (Å²) in [6.45, 7) is 0.672. The summed E-state index contributed by atoms with van der Waals surface area (Å²) in [6.07, 6.45) is -0.969. The zero-order valence-corrected chi connectivity index (χ0v) is 26.0. The Labute approximate surface area is 275 Å². The Morgan fingerprint density at radius 1 is 0.417 bits per heavy atom. The first-order valence-electron chi connectivity index (χ1n) is 15.7. The molecule has 0 saturated heterocycles. The molecule has 2 atom stereocenters. The Balaban J connectivity index is 0.000000131. The summed E-state index contributed by atoms with van der Waals surface area (Å²) in [5.41, 5.74) is 9.28. The molecule has 4 amide bonds. The van der Waals surface area contributed by atoms with Crippen molar-refractivity contribution in [2.24, 2.45) is 0 Å². The lowest BCUT2D eigenvalue weighted by Gasteiger charge is -2.38. The molecular formula is C38H28N4O6. The molecule has 236 valence electrons. The van der Waals surface area contributed by atoms with E-state index in [1.165, 1.54) is 0 Å². The molecule has 6 heterocycles. The van der Waals surface area contributed by atoms with Crippen LogP contribution in [0.1, 0.15) is 63.7 Å². The highest BCUT2D eigenvalue weighted by Crippen LogP contribution is 2.49. The number of carbonyl (C=O) groups is 4. The topological polar surface area (TPSA) is 99.7 Å². The molecule has 0 fully saturated rings. The number of ether oxygens (including phenoxy) is 2. The van der Waals surface area contributed by atoms with Gasteiger partial charge in [-0.1, -0.05) is 72.8 Å². The summed E-state index contributed by atoms with van der Waals surface area (Å²) >= 11 is 0. The molecule has 0 bridgehead atoms. The van der Waals surface area contributed by atoms with Crippen LogP contribution in [0.15, 0.2) is 97.1 Å². The fourth-order valence-corrected chi connectivity index (χ4v) is 7.74. The maximum Gasteiger partial charge on any atom is 0.261 e. The van der Waals surface area contributed by atoms with Gasteiger partial charge in [-0.3, -0.25) is 29.0 Å². The molecule has 0 N–H and O–H groups in total. The van der Waals surface area contributed by atoms with Gasteiger partial charge in [0.15, 0.2) is 12.5 Å². The maximum atomic E-state index is 12.9. The van der Waals surface area contributed by atoms with Crippen molar-refractivity contribution >= 4 is 46.4 Å². The van der Waals surface area contributed by atoms with E-state index in [9.17, 15) is 19.2 Å². The van der Waals surface area contributed by atoms with Crippen molar-refractivity contribution in [1.82, 2.24) is 19.6 Å². The van der Waals surface area contributed by atoms with Crippen molar-refractivity contribution in [1.29, 1.82) is 0 Å². The summed E-state index contributed by atoms with van der Waals surface area (Å²) in [7, 11) is 3.13. The minimum absolute atomic E-state index is 0.0355. The number of rotatable bonds is 2. The van der Waals surface area contributed by atoms with Gasteiger partial charge in [-0.2, -0.15) is 0 Å². The van der Waals surface area contributed by atoms with Crippen LogP contribution in [0.2, 0.25) is 0 Å². The number of hydrogen-bond acceptors (Lipinski definition) is 6. The standard InChI is InChI=1S/2C19H14N2O3/c2*1-24-15-10-20-16(11-6-2-4-8-13(11)18(20)22)17-12-7-3-5-9-14(12)19(23)21(15)17/h2*2-9,15H,10H2,1H3/t2*15-/m11/s1. The third kappa shape index (κ3) is 3.64. The van der Waals surface area contributed by atoms with Gasteiger partial charge < -0.3 is 19.3 Å². The minimum Gasteiger partial charge on any atom is -0.359 e. The average molecular weight is 637 g/mol. The van der Waals surface area contributed by atoms with E-state index in [4.69, 9.17) is 9.47 Å². The van der Waals surface area contributed by atoms with Crippen LogP contribution in [0.4, 0.5) is 0 Å². The molecule has 0 aromatic heterocycles. The largest absolute Gasteiger partial charge is 0.359 e. The second kappa shape index (κ2) is 10.3. The first kappa shape index (κ1) is 28.4. The highest BCUT2D eigenvalue weighted by molar-refractivity contribution is 6.21. The van der Waals surface area contributed by atoms with Gasteiger partial charge >= 0.3 is 0 Å². The van der Waals surface area contributed by atoms with E-state index >= 15 is 0 Å². The van der Waals surface area contributed by atoms with Gasteiger partial charge in [-0.25, -0.2) is 0 Å². The summed E-state index contributed by atoms with van der Waals surface area (Å²) in [5, 5.41) is 0. The number of benzene rings is 4. The zero-order valence-electron chi connectivity index (χ0n) is 26.0. The zero-order chi connectivity index (χ0) is 32.8. The number of fused-ring (bicyclic) bond motifs is 12. The van der Waals surface area contributed by atoms with Crippen molar-refractivity contribution < 1.29 is 28.7 Å². The lowest BCUT2D eigenvalue weighted by molar-refractivity contribution is -0.00874. The maximum absolute atomic E-state index is 12.9. The van der Waals surface area contributed by atoms with E-state index in [2.05, 4.69) is 0 Å². The van der Waals surface area contributed by atoms with Crippen molar-refractivity contribution in [2.45, 2.75) is 12.5 Å². The quantitative estimate of drug-likeness (QED) is 0.313. The SMILES string of the molecule is CO[C@@H]1CN2C(=O)c3ccccc3C2=C2c3ccccc3C(=O)N21.CO[C@@H]1CN2C(=O)c3ccccc3C2=C2c3ccccc3C(=O)N21. The molecule has 10 heteroatoms. The van der Waals surface area contributed by atoms with Gasteiger partial charge in [0.1, 0.15) is 0 Å². The van der Waals surface area contributed by atoms with Crippen LogP contribution in [0, 0.1) is 0 Å². The molecule has 4 aromatic rings. The van der Waals surface area contributed by atoms with Crippen LogP contribution < -0.4 is 0 Å². The second-order valence-electron chi connectivity index (χ2n) is 12.1. The molecule has 0 radical (unpaired) electrons. The molecule has 4 aromatic carbocycles. The summed E-state index contributed by atoms with van der Waals surface area (Å²) < 4.78 is 11.1. The van der Waals surface area contributed by atoms with Crippen LogP contribution in [-0.2, 0) is 9.47 Å². The molecule has 0 unspecified atom stereocenters. The first-order chi connectivity index (χ1) is 23.4. The molecule has 0 spiro atoms. The molecule has 6 aliphatic heterocycles. The predicted molar refractivity (Wildman–Crippen MR) is 175 cm³/mol. The Kier molecular flexibility index (Phi) is 6.11. The smallest absolute Gasteiger partial charge is 0.261 e. The van der Waals surface area contributed by atoms with Crippen molar-refractivity contribution in [3.8, 4) is 0 Å². The van der Waals surface area contributed by atoms with E-state index in [0.29, 0.717) is 35.3 Å². The fourth-order valence-electron chi connectivity index (χ4n) is 7.74. The average Bonchev–Trinajstić information content (AvgIpc) is 3.80. The summed E-state index contributed by atoms with van der Waals surface area (Å²) in [5.74, 6) is -0.217. The number of carbonyl (C=O) groups excluding carboxylic acids is 4. The third-order valence-electron chi connectivity index (χ3n) is 9.85. The van der Waals surface area contributed by atoms with E-state index in [0.717, 1.165) is 45.0 Å². The van der Waals surface area contributed by atoms with Gasteiger partial charge in [0.25, 0.3) is 23.6 Å². The third-order valence-corrected chi connectivity index (χ3v) is 9.85. The van der Waals surface area contributed by atoms with Crippen molar-refractivity contribution in [2.75, 3.05) is 27.3 Å². The first-order valence-corrected chi connectivity index (χ1v) is 15.7. The Bertz CT molecular complexity index is 2050. The lowest BCUT2D eigenvalue weighted by atomic mass is 10.0. The predicted octanol–water partition coefficient (Wildman–Crippen LogP) is 4.82. The van der Waals surface area contributed by atoms with Gasteiger partial charge in [-0.05, 0) is 24.3 Å². The highest BCUT2D eigenvalue weighted by Gasteiger charge is 2.50. The minimum atomic E-state index is -0.484. The van der Waals surface area contributed by atoms with Crippen LogP contribution >= 0.6 is 0 Å². The van der Waals surface area contributed by atoms with Crippen molar-refractivity contribution in [3.05, 3.63) is 142 Å². The van der Waals surface area contributed by atoms with Gasteiger partial charge in [0.05, 0.1) is 35.9 Å². The molecule has 10 nitrogen and oxygen atoms in total. The van der Waals surface area contributed by atoms with Gasteiger partial charge in [0, 0.05) is 58.7 Å². The van der Waals surface area contributed by atoms with Crippen LogP contribution in [0.25, 0.3) is 22.8 Å². The monoisotopic (exact) mass is 636 g/mol. The molecular weight excluding hydrogens is 608 g/mol. The van der Waals surface area contributed by atoms with Crippen LogP contribution in [0.3, 0.4) is 0 Å². The highest BCUT2D eigenvalue weighted by atomic mass is 16.5. The number of methoxy groups -OCH3 is 2. The molecule has 48 heavy (non-hydrogen) atoms. The molecule has 6 aliphatic rings. The van der Waals surface area contributed by atoms with Crippen molar-refractivity contribution in [3.63, 3.8) is 0 Å². The Morgan fingerprint density at radius 3 is 1.00 bits per heavy atom. The summed E-state index contributed by atoms with van der Waals surface area (Å²) in [4.78, 5) is 58.2. The normalized spacial score (nSPS) is 21.0.